The van der Waals surface area contributed by atoms with Crippen LogP contribution in [0.5, 0.6) is 0 Å². The molecule has 2 aliphatic carbocycles. The van der Waals surface area contributed by atoms with Crippen molar-refractivity contribution in [1.82, 2.24) is 9.47 Å². The molecule has 0 bridgehead atoms. The van der Waals surface area contributed by atoms with Crippen LogP contribution >= 0.6 is 0 Å². The van der Waals surface area contributed by atoms with Crippen molar-refractivity contribution < 1.29 is 39.9 Å². The molecule has 2 unspecified atom stereocenters. The third-order valence-corrected chi connectivity index (χ3v) is 8.05. The van der Waals surface area contributed by atoms with Crippen molar-refractivity contribution in [3.05, 3.63) is 63.3 Å². The van der Waals surface area contributed by atoms with Gasteiger partial charge in [-0.2, -0.15) is 13.2 Å². The number of fused-ring (bicyclic) bond motifs is 1. The summed E-state index contributed by atoms with van der Waals surface area (Å²) in [5.41, 5.74) is -1.14. The lowest BCUT2D eigenvalue weighted by atomic mass is 9.98. The second kappa shape index (κ2) is 9.20. The Labute approximate surface area is 217 Å². The van der Waals surface area contributed by atoms with Gasteiger partial charge in [-0.15, -0.1) is 0 Å². The highest BCUT2D eigenvalue weighted by Gasteiger charge is 2.63. The lowest BCUT2D eigenvalue weighted by Crippen LogP contribution is -2.46. The molecule has 2 N–H and O–H groups in total. The molecule has 3 aliphatic rings. The number of primary amides is 1. The second-order valence-corrected chi connectivity index (χ2v) is 10.5. The van der Waals surface area contributed by atoms with E-state index in [0.717, 1.165) is 18.3 Å². The van der Waals surface area contributed by atoms with Gasteiger partial charge in [0.15, 0.2) is 6.04 Å². The number of carbonyl (C=O) groups is 1. The number of pyridine rings is 1. The summed E-state index contributed by atoms with van der Waals surface area (Å²) in [6, 6.07) is -0.954. The van der Waals surface area contributed by atoms with E-state index in [1.54, 1.807) is 7.05 Å². The van der Waals surface area contributed by atoms with E-state index in [1.165, 1.54) is 0 Å². The van der Waals surface area contributed by atoms with Gasteiger partial charge in [-0.25, -0.2) is 22.0 Å². The molecule has 212 valence electrons. The van der Waals surface area contributed by atoms with Crippen LogP contribution < -0.4 is 16.2 Å². The van der Waals surface area contributed by atoms with Crippen LogP contribution in [0.25, 0.3) is 0 Å². The van der Waals surface area contributed by atoms with Gasteiger partial charge < -0.3 is 20.1 Å². The van der Waals surface area contributed by atoms with Crippen LogP contribution in [0.1, 0.15) is 46.8 Å². The predicted octanol–water partition coefficient (Wildman–Crippen LogP) is 4.45. The average Bonchev–Trinajstić information content (AvgIpc) is 3.72. The first-order valence-electron chi connectivity index (χ1n) is 12.1. The molecule has 1 saturated heterocycles. The zero-order chi connectivity index (χ0) is 28.6. The molecular formula is C25H24F8N4O2. The van der Waals surface area contributed by atoms with Crippen molar-refractivity contribution in [2.45, 2.75) is 49.5 Å². The highest BCUT2D eigenvalue weighted by atomic mass is 19.4. The Morgan fingerprint density at radius 2 is 1.69 bits per heavy atom. The van der Waals surface area contributed by atoms with Crippen molar-refractivity contribution in [3.63, 3.8) is 0 Å². The van der Waals surface area contributed by atoms with Crippen LogP contribution in [0.2, 0.25) is 0 Å². The van der Waals surface area contributed by atoms with E-state index >= 15 is 4.39 Å². The Hall–Kier alpha value is -3.16. The van der Waals surface area contributed by atoms with E-state index in [9.17, 15) is 40.3 Å². The SMILES string of the molecule is CN1CC2C(C1)C2N(c1cc(=O)n(C2(C(F)F)CC2)cc1C(N)=O)[C@H](c1cccc(C(F)F)c1F)C(F)(F)F. The zero-order valence-corrected chi connectivity index (χ0v) is 20.4. The van der Waals surface area contributed by atoms with Crippen molar-refractivity contribution in [1.29, 1.82) is 0 Å². The van der Waals surface area contributed by atoms with Crippen LogP contribution in [-0.2, 0) is 5.54 Å². The minimum absolute atomic E-state index is 0.0955. The Kier molecular flexibility index (Phi) is 6.47. The average molecular weight is 564 g/mol. The molecule has 2 heterocycles. The molecule has 1 aromatic carbocycles. The van der Waals surface area contributed by atoms with E-state index in [2.05, 4.69) is 0 Å². The molecule has 1 aromatic heterocycles. The van der Waals surface area contributed by atoms with E-state index in [0.29, 0.717) is 34.7 Å². The Morgan fingerprint density at radius 1 is 1.10 bits per heavy atom. The monoisotopic (exact) mass is 564 g/mol. The summed E-state index contributed by atoms with van der Waals surface area (Å²) in [5, 5.41) is 0. The molecule has 2 saturated carbocycles. The highest BCUT2D eigenvalue weighted by molar-refractivity contribution is 5.98. The number of halogens is 8. The maximum atomic E-state index is 15.2. The fourth-order valence-corrected chi connectivity index (χ4v) is 5.99. The first-order valence-corrected chi connectivity index (χ1v) is 12.1. The number of nitrogens with two attached hydrogens (primary N) is 1. The number of nitrogens with zero attached hydrogens (tertiary/aromatic N) is 3. The lowest BCUT2D eigenvalue weighted by molar-refractivity contribution is -0.152. The van der Waals surface area contributed by atoms with Crippen LogP contribution in [0.15, 0.2) is 35.3 Å². The summed E-state index contributed by atoms with van der Waals surface area (Å²) in [7, 11) is 1.75. The van der Waals surface area contributed by atoms with Crippen molar-refractivity contribution in [2.24, 2.45) is 17.6 Å². The Morgan fingerprint density at radius 3 is 2.18 bits per heavy atom. The zero-order valence-electron chi connectivity index (χ0n) is 20.4. The molecule has 6 nitrogen and oxygen atoms in total. The molecule has 3 atom stereocenters. The Bertz CT molecular complexity index is 1340. The van der Waals surface area contributed by atoms with Gasteiger partial charge in [-0.1, -0.05) is 18.2 Å². The number of aromatic nitrogens is 1. The first kappa shape index (κ1) is 27.4. The number of alkyl halides is 7. The Balaban J connectivity index is 1.74. The molecule has 1 aliphatic heterocycles. The number of hydrogen-bond donors (Lipinski definition) is 1. The third kappa shape index (κ3) is 4.45. The summed E-state index contributed by atoms with van der Waals surface area (Å²) in [4.78, 5) is 28.1. The normalized spacial score (nSPS) is 24.6. The second-order valence-electron chi connectivity index (χ2n) is 10.5. The summed E-state index contributed by atoms with van der Waals surface area (Å²) in [6.07, 6.45) is -11.1. The summed E-state index contributed by atoms with van der Waals surface area (Å²) in [5.74, 6) is -3.81. The molecule has 1 amide bonds. The summed E-state index contributed by atoms with van der Waals surface area (Å²) in [6.45, 7) is 0.709. The highest BCUT2D eigenvalue weighted by Crippen LogP contribution is 2.56. The maximum Gasteiger partial charge on any atom is 0.413 e. The fourth-order valence-electron chi connectivity index (χ4n) is 5.99. The molecule has 14 heteroatoms. The number of benzene rings is 1. The molecule has 0 radical (unpaired) electrons. The van der Waals surface area contributed by atoms with Gasteiger partial charge in [0.25, 0.3) is 24.3 Å². The van der Waals surface area contributed by atoms with Crippen LogP contribution in [0.3, 0.4) is 0 Å². The number of anilines is 1. The molecular weight excluding hydrogens is 540 g/mol. The van der Waals surface area contributed by atoms with Gasteiger partial charge in [0.05, 0.1) is 16.8 Å². The van der Waals surface area contributed by atoms with Gasteiger partial charge >= 0.3 is 6.18 Å². The largest absolute Gasteiger partial charge is 0.413 e. The molecule has 2 aromatic rings. The fraction of sp³-hybridized carbons (Fsp3) is 0.520. The third-order valence-electron chi connectivity index (χ3n) is 8.05. The minimum atomic E-state index is -5.27. The van der Waals surface area contributed by atoms with E-state index in [1.807, 2.05) is 4.90 Å². The van der Waals surface area contributed by atoms with E-state index in [-0.39, 0.29) is 24.7 Å². The van der Waals surface area contributed by atoms with Crippen LogP contribution in [0, 0.1) is 17.7 Å². The number of rotatable bonds is 8. The van der Waals surface area contributed by atoms with Gasteiger partial charge in [-0.05, 0) is 31.7 Å². The minimum Gasteiger partial charge on any atom is -0.365 e. The predicted molar refractivity (Wildman–Crippen MR) is 123 cm³/mol. The number of piperidine rings is 1. The molecule has 39 heavy (non-hydrogen) atoms. The summed E-state index contributed by atoms with van der Waals surface area (Å²) < 4.78 is 115. The number of carbonyl (C=O) groups excluding carboxylic acids is 1. The van der Waals surface area contributed by atoms with E-state index in [4.69, 9.17) is 5.73 Å². The number of amides is 1. The maximum absolute atomic E-state index is 15.2. The summed E-state index contributed by atoms with van der Waals surface area (Å²) >= 11 is 0. The molecule has 3 fully saturated rings. The quantitative estimate of drug-likeness (QED) is 0.482. The topological polar surface area (TPSA) is 71.6 Å². The molecule has 0 spiro atoms. The van der Waals surface area contributed by atoms with Crippen molar-refractivity contribution >= 4 is 11.6 Å². The van der Waals surface area contributed by atoms with Crippen molar-refractivity contribution in [3.8, 4) is 0 Å². The van der Waals surface area contributed by atoms with Crippen LogP contribution in [-0.4, -0.2) is 54.2 Å². The van der Waals surface area contributed by atoms with Gasteiger partial charge in [-0.3, -0.25) is 9.59 Å². The number of likely N-dealkylation sites (tertiary alicyclic amines) is 1. The van der Waals surface area contributed by atoms with Gasteiger partial charge in [0.1, 0.15) is 11.4 Å². The van der Waals surface area contributed by atoms with Gasteiger partial charge in [0, 0.05) is 37.0 Å². The smallest absolute Gasteiger partial charge is 0.365 e. The van der Waals surface area contributed by atoms with Crippen molar-refractivity contribution in [2.75, 3.05) is 25.0 Å². The van der Waals surface area contributed by atoms with E-state index < -0.39 is 76.3 Å². The van der Waals surface area contributed by atoms with Crippen LogP contribution in [0.4, 0.5) is 40.8 Å². The number of hydrogen-bond acceptors (Lipinski definition) is 4. The van der Waals surface area contributed by atoms with Gasteiger partial charge in [0.2, 0.25) is 0 Å². The standard InChI is InChI=1S/C25H24F8N4O2/c1-35-8-13-14(9-35)19(13)37(20(25(31,32)33)11-3-2-4-12(18(11)26)21(27)28)16-7-17(38)36(10-15(16)22(34)39)24(5-6-24)23(29)30/h2-4,7,10,13-14,19-21,23H,5-6,8-9H2,1H3,(H2,34,39)/t13?,14?,19?,20-/m1/s1. The lowest BCUT2D eigenvalue weighted by Gasteiger charge is -2.38. The first-order chi connectivity index (χ1) is 18.2. The molecule has 5 rings (SSSR count).